The monoisotopic (exact) mass is 367 g/mol. The fraction of sp³-hybridized carbons (Fsp3) is 0.250. The highest BCUT2D eigenvalue weighted by molar-refractivity contribution is 6.07. The van der Waals surface area contributed by atoms with E-state index in [4.69, 9.17) is 9.47 Å². The number of nitrogens with zero attached hydrogens (tertiary/aromatic N) is 2. The standard InChI is InChI=1S/C20H21N3O4/c1-4-20(15-10-6-5-7-11-15)18(24)23(19(25)22-20)21-13-14-9-8-12-16(26-2)17(14)27-3/h5-13H,4H2,1-3H3,(H,22,25)/b21-13-/t20-/m0/s1. The second kappa shape index (κ2) is 7.49. The number of benzene rings is 2. The van der Waals surface area contributed by atoms with Crippen molar-refractivity contribution in [3.63, 3.8) is 0 Å². The number of urea groups is 1. The summed E-state index contributed by atoms with van der Waals surface area (Å²) in [7, 11) is 3.05. The van der Waals surface area contributed by atoms with Gasteiger partial charge in [0.25, 0.3) is 5.91 Å². The topological polar surface area (TPSA) is 80.2 Å². The molecule has 2 aromatic rings. The number of carbonyl (C=O) groups excluding carboxylic acids is 2. The lowest BCUT2D eigenvalue weighted by Gasteiger charge is -2.24. The Bertz CT molecular complexity index is 882. The largest absolute Gasteiger partial charge is 0.493 e. The number of amides is 3. The van der Waals surface area contributed by atoms with E-state index < -0.39 is 17.5 Å². The number of hydrogen-bond donors (Lipinski definition) is 1. The summed E-state index contributed by atoms with van der Waals surface area (Å²) in [5.74, 6) is 0.589. The molecule has 1 heterocycles. The first-order chi connectivity index (χ1) is 13.1. The van der Waals surface area contributed by atoms with E-state index in [-0.39, 0.29) is 0 Å². The third kappa shape index (κ3) is 3.12. The molecule has 2 aromatic carbocycles. The van der Waals surface area contributed by atoms with Gasteiger partial charge in [0, 0.05) is 5.56 Å². The minimum atomic E-state index is -1.12. The Morgan fingerprint density at radius 2 is 1.81 bits per heavy atom. The Balaban J connectivity index is 1.94. The lowest BCUT2D eigenvalue weighted by Crippen LogP contribution is -2.43. The third-order valence-electron chi connectivity index (χ3n) is 4.61. The van der Waals surface area contributed by atoms with Gasteiger partial charge in [-0.1, -0.05) is 43.3 Å². The van der Waals surface area contributed by atoms with Crippen LogP contribution in [0, 0.1) is 0 Å². The van der Waals surface area contributed by atoms with Crippen LogP contribution in [0.25, 0.3) is 0 Å². The average molecular weight is 367 g/mol. The van der Waals surface area contributed by atoms with Crippen molar-refractivity contribution in [2.45, 2.75) is 18.9 Å². The van der Waals surface area contributed by atoms with Crippen molar-refractivity contribution in [3.05, 3.63) is 59.7 Å². The predicted molar refractivity (Wildman–Crippen MR) is 101 cm³/mol. The zero-order chi connectivity index (χ0) is 19.4. The van der Waals surface area contributed by atoms with E-state index in [1.54, 1.807) is 18.2 Å². The molecule has 0 radical (unpaired) electrons. The molecule has 3 amide bonds. The molecule has 0 aromatic heterocycles. The second-order valence-electron chi connectivity index (χ2n) is 6.00. The smallest absolute Gasteiger partial charge is 0.346 e. The molecule has 1 atom stereocenters. The highest BCUT2D eigenvalue weighted by Crippen LogP contribution is 2.33. The van der Waals surface area contributed by atoms with Crippen molar-refractivity contribution in [3.8, 4) is 11.5 Å². The number of ether oxygens (including phenoxy) is 2. The van der Waals surface area contributed by atoms with Crippen molar-refractivity contribution in [1.82, 2.24) is 10.3 Å². The van der Waals surface area contributed by atoms with E-state index in [0.29, 0.717) is 23.5 Å². The van der Waals surface area contributed by atoms with Crippen LogP contribution in [0.1, 0.15) is 24.5 Å². The van der Waals surface area contributed by atoms with Crippen molar-refractivity contribution in [2.75, 3.05) is 14.2 Å². The Labute approximate surface area is 157 Å². The van der Waals surface area contributed by atoms with Gasteiger partial charge in [0.2, 0.25) is 0 Å². The molecule has 140 valence electrons. The van der Waals surface area contributed by atoms with Gasteiger partial charge in [0.1, 0.15) is 5.54 Å². The molecule has 0 saturated carbocycles. The zero-order valence-corrected chi connectivity index (χ0v) is 15.4. The first-order valence-corrected chi connectivity index (χ1v) is 8.54. The van der Waals surface area contributed by atoms with Crippen LogP contribution >= 0.6 is 0 Å². The summed E-state index contributed by atoms with van der Waals surface area (Å²) in [6.45, 7) is 1.85. The van der Waals surface area contributed by atoms with E-state index >= 15 is 0 Å². The van der Waals surface area contributed by atoms with Crippen molar-refractivity contribution in [1.29, 1.82) is 0 Å². The maximum atomic E-state index is 13.0. The molecule has 0 aliphatic carbocycles. The molecular weight excluding hydrogens is 346 g/mol. The van der Waals surface area contributed by atoms with Gasteiger partial charge in [0.15, 0.2) is 11.5 Å². The van der Waals surface area contributed by atoms with Crippen LogP contribution in [-0.4, -0.2) is 37.4 Å². The quantitative estimate of drug-likeness (QED) is 0.629. The van der Waals surface area contributed by atoms with Gasteiger partial charge in [-0.15, -0.1) is 5.01 Å². The summed E-state index contributed by atoms with van der Waals surface area (Å²) in [4.78, 5) is 25.5. The Kier molecular flexibility index (Phi) is 5.12. The van der Waals surface area contributed by atoms with Gasteiger partial charge in [-0.05, 0) is 24.1 Å². The van der Waals surface area contributed by atoms with E-state index in [9.17, 15) is 9.59 Å². The van der Waals surface area contributed by atoms with E-state index in [2.05, 4.69) is 10.4 Å². The molecule has 1 N–H and O–H groups in total. The fourth-order valence-electron chi connectivity index (χ4n) is 3.16. The molecule has 1 saturated heterocycles. The summed E-state index contributed by atoms with van der Waals surface area (Å²) in [6, 6.07) is 13.9. The van der Waals surface area contributed by atoms with Gasteiger partial charge in [-0.2, -0.15) is 5.10 Å². The van der Waals surface area contributed by atoms with E-state index in [0.717, 1.165) is 10.6 Å². The molecule has 7 heteroatoms. The number of rotatable bonds is 6. The average Bonchev–Trinajstić information content (AvgIpc) is 2.96. The van der Waals surface area contributed by atoms with Gasteiger partial charge >= 0.3 is 6.03 Å². The minimum absolute atomic E-state index is 0.413. The molecule has 0 unspecified atom stereocenters. The summed E-state index contributed by atoms with van der Waals surface area (Å²) in [6.07, 6.45) is 1.83. The van der Waals surface area contributed by atoms with Crippen LogP contribution in [0.3, 0.4) is 0 Å². The Morgan fingerprint density at radius 3 is 2.44 bits per heavy atom. The minimum Gasteiger partial charge on any atom is -0.493 e. The van der Waals surface area contributed by atoms with Crippen molar-refractivity contribution < 1.29 is 19.1 Å². The van der Waals surface area contributed by atoms with Gasteiger partial charge < -0.3 is 14.8 Å². The molecular formula is C20H21N3O4. The summed E-state index contributed by atoms with van der Waals surface area (Å²) in [5, 5.41) is 7.76. The molecule has 0 bridgehead atoms. The number of para-hydroxylation sites is 1. The number of methoxy groups -OCH3 is 2. The number of nitrogens with one attached hydrogen (secondary N) is 1. The van der Waals surface area contributed by atoms with Crippen LogP contribution in [0.2, 0.25) is 0 Å². The fourth-order valence-corrected chi connectivity index (χ4v) is 3.16. The number of carbonyl (C=O) groups is 2. The normalized spacial score (nSPS) is 19.4. The van der Waals surface area contributed by atoms with Crippen LogP contribution < -0.4 is 14.8 Å². The van der Waals surface area contributed by atoms with E-state index in [1.165, 1.54) is 20.4 Å². The Morgan fingerprint density at radius 1 is 1.07 bits per heavy atom. The van der Waals surface area contributed by atoms with E-state index in [1.807, 2.05) is 37.3 Å². The van der Waals surface area contributed by atoms with Gasteiger partial charge in [-0.25, -0.2) is 4.79 Å². The van der Waals surface area contributed by atoms with Crippen LogP contribution in [0.4, 0.5) is 4.79 Å². The van der Waals surface area contributed by atoms with Crippen molar-refractivity contribution >= 4 is 18.2 Å². The van der Waals surface area contributed by atoms with Crippen molar-refractivity contribution in [2.24, 2.45) is 5.10 Å². The molecule has 1 fully saturated rings. The lowest BCUT2D eigenvalue weighted by molar-refractivity contribution is -0.131. The van der Waals surface area contributed by atoms with Gasteiger partial charge in [-0.3, -0.25) is 4.79 Å². The second-order valence-corrected chi connectivity index (χ2v) is 6.00. The third-order valence-corrected chi connectivity index (χ3v) is 4.61. The Hall–Kier alpha value is -3.35. The first-order valence-electron chi connectivity index (χ1n) is 8.54. The molecule has 0 spiro atoms. The number of hydrazone groups is 1. The molecule has 7 nitrogen and oxygen atoms in total. The van der Waals surface area contributed by atoms with Crippen LogP contribution in [-0.2, 0) is 10.3 Å². The molecule has 1 aliphatic rings. The summed E-state index contributed by atoms with van der Waals surface area (Å²) < 4.78 is 10.6. The maximum absolute atomic E-state index is 13.0. The first kappa shape index (κ1) is 18.4. The summed E-state index contributed by atoms with van der Waals surface area (Å²) >= 11 is 0. The summed E-state index contributed by atoms with van der Waals surface area (Å²) in [5.41, 5.74) is 0.197. The maximum Gasteiger partial charge on any atom is 0.346 e. The number of imide groups is 1. The molecule has 1 aliphatic heterocycles. The predicted octanol–water partition coefficient (Wildman–Crippen LogP) is 2.90. The zero-order valence-electron chi connectivity index (χ0n) is 15.4. The highest BCUT2D eigenvalue weighted by Gasteiger charge is 2.51. The van der Waals surface area contributed by atoms with Crippen LogP contribution in [0.15, 0.2) is 53.6 Å². The lowest BCUT2D eigenvalue weighted by atomic mass is 9.87. The number of hydrogen-bond acceptors (Lipinski definition) is 5. The molecule has 27 heavy (non-hydrogen) atoms. The van der Waals surface area contributed by atoms with Gasteiger partial charge in [0.05, 0.1) is 20.4 Å². The highest BCUT2D eigenvalue weighted by atomic mass is 16.5. The van der Waals surface area contributed by atoms with Crippen LogP contribution in [0.5, 0.6) is 11.5 Å². The molecule has 3 rings (SSSR count). The SMILES string of the molecule is CC[C@@]1(c2ccccc2)NC(=O)N(/N=C\c2cccc(OC)c2OC)C1=O.